The molecule has 3 rings (SSSR count). The van der Waals surface area contributed by atoms with Crippen molar-refractivity contribution in [3.63, 3.8) is 0 Å². The molecule has 3 aromatic rings. The van der Waals surface area contributed by atoms with Gasteiger partial charge in [0.25, 0.3) is 0 Å². The van der Waals surface area contributed by atoms with Crippen LogP contribution in [0.1, 0.15) is 10.4 Å². The molecule has 100 valence electrons. The van der Waals surface area contributed by atoms with E-state index in [2.05, 4.69) is 25.9 Å². The number of H-pyrrole nitrogens is 1. The molecule has 2 N–H and O–H groups in total. The third kappa shape index (κ3) is 2.30. The molecule has 0 aliphatic rings. The fourth-order valence-corrected chi connectivity index (χ4v) is 2.74. The quantitative estimate of drug-likeness (QED) is 0.721. The van der Waals surface area contributed by atoms with Gasteiger partial charge < -0.3 is 10.1 Å². The Balaban J connectivity index is 2.25. The number of hydrogen-bond donors (Lipinski definition) is 2. The summed E-state index contributed by atoms with van der Waals surface area (Å²) >= 11 is 9.30. The third-order valence-corrected chi connectivity index (χ3v) is 3.62. The zero-order valence-corrected chi connectivity index (χ0v) is 12.4. The van der Waals surface area contributed by atoms with Crippen LogP contribution in [0.5, 0.6) is 0 Å². The summed E-state index contributed by atoms with van der Waals surface area (Å²) < 4.78 is 0.705. The first-order valence-electron chi connectivity index (χ1n) is 5.71. The number of nitrogens with one attached hydrogen (secondary N) is 1. The number of benzene rings is 1. The fraction of sp³-hybridized carbons (Fsp3) is 0. The van der Waals surface area contributed by atoms with Crippen LogP contribution in [-0.4, -0.2) is 21.0 Å². The first-order valence-corrected chi connectivity index (χ1v) is 6.88. The molecule has 2 heterocycles. The van der Waals surface area contributed by atoms with Gasteiger partial charge in [-0.25, -0.2) is 9.78 Å². The van der Waals surface area contributed by atoms with E-state index in [1.165, 1.54) is 0 Å². The van der Waals surface area contributed by atoms with Gasteiger partial charge in [0.15, 0.2) is 0 Å². The van der Waals surface area contributed by atoms with E-state index in [0.717, 1.165) is 16.5 Å². The molecule has 20 heavy (non-hydrogen) atoms. The van der Waals surface area contributed by atoms with Gasteiger partial charge in [0.2, 0.25) is 0 Å². The zero-order chi connectivity index (χ0) is 14.3. The molecule has 0 unspecified atom stereocenters. The number of halogens is 2. The molecule has 1 aromatic carbocycles. The van der Waals surface area contributed by atoms with E-state index in [1.807, 2.05) is 6.07 Å². The lowest BCUT2D eigenvalue weighted by Gasteiger charge is -2.03. The molecule has 0 atom stereocenters. The van der Waals surface area contributed by atoms with Gasteiger partial charge in [-0.05, 0) is 29.8 Å². The van der Waals surface area contributed by atoms with Crippen LogP contribution >= 0.6 is 27.5 Å². The number of pyridine rings is 1. The molecular weight excluding hydrogens is 344 g/mol. The predicted molar refractivity (Wildman–Crippen MR) is 81.2 cm³/mol. The first kappa shape index (κ1) is 13.1. The van der Waals surface area contributed by atoms with Crippen LogP contribution in [0, 0.1) is 0 Å². The fourth-order valence-electron chi connectivity index (χ4n) is 2.09. The third-order valence-electron chi connectivity index (χ3n) is 2.95. The number of aromatic nitrogens is 2. The highest BCUT2D eigenvalue weighted by atomic mass is 79.9. The summed E-state index contributed by atoms with van der Waals surface area (Å²) in [6.45, 7) is 0. The lowest BCUT2D eigenvalue weighted by molar-refractivity contribution is 0.0697. The molecule has 0 amide bonds. The van der Waals surface area contributed by atoms with Crippen LogP contribution in [-0.2, 0) is 0 Å². The minimum Gasteiger partial charge on any atom is -0.478 e. The van der Waals surface area contributed by atoms with E-state index in [-0.39, 0.29) is 5.56 Å². The Morgan fingerprint density at radius 2 is 2.10 bits per heavy atom. The molecule has 0 fully saturated rings. The van der Waals surface area contributed by atoms with E-state index >= 15 is 0 Å². The van der Waals surface area contributed by atoms with E-state index < -0.39 is 5.97 Å². The van der Waals surface area contributed by atoms with Crippen molar-refractivity contribution in [2.45, 2.75) is 0 Å². The van der Waals surface area contributed by atoms with Crippen LogP contribution in [0.25, 0.3) is 22.2 Å². The molecule has 0 saturated heterocycles. The topological polar surface area (TPSA) is 66.0 Å². The Morgan fingerprint density at radius 1 is 1.30 bits per heavy atom. The Morgan fingerprint density at radius 3 is 2.85 bits per heavy atom. The average Bonchev–Trinajstić information content (AvgIpc) is 2.80. The molecule has 0 radical (unpaired) electrons. The van der Waals surface area contributed by atoms with Crippen LogP contribution in [0.3, 0.4) is 0 Å². The standard InChI is InChI=1S/C14H8BrClN2O2/c15-9-2-7(1-8(3-9)14(19)20)12-6-18-13-11(12)4-10(16)5-17-13/h1-6H,(H,17,18)(H,19,20). The Kier molecular flexibility index (Phi) is 3.23. The second-order valence-electron chi connectivity index (χ2n) is 4.29. The van der Waals surface area contributed by atoms with Crippen LogP contribution < -0.4 is 0 Å². The van der Waals surface area contributed by atoms with Gasteiger partial charge in [-0.1, -0.05) is 27.5 Å². The number of carboxylic acids is 1. The van der Waals surface area contributed by atoms with Crippen LogP contribution in [0.4, 0.5) is 0 Å². The lowest BCUT2D eigenvalue weighted by Crippen LogP contribution is -1.96. The number of aromatic amines is 1. The monoisotopic (exact) mass is 350 g/mol. The van der Waals surface area contributed by atoms with Crippen molar-refractivity contribution in [1.29, 1.82) is 0 Å². The van der Waals surface area contributed by atoms with Crippen LogP contribution in [0.2, 0.25) is 5.02 Å². The van der Waals surface area contributed by atoms with Gasteiger partial charge in [0.1, 0.15) is 5.65 Å². The summed E-state index contributed by atoms with van der Waals surface area (Å²) in [5.41, 5.74) is 2.57. The number of hydrogen-bond acceptors (Lipinski definition) is 2. The average molecular weight is 352 g/mol. The van der Waals surface area contributed by atoms with Gasteiger partial charge in [-0.15, -0.1) is 0 Å². The molecule has 0 aliphatic heterocycles. The summed E-state index contributed by atoms with van der Waals surface area (Å²) in [7, 11) is 0. The van der Waals surface area contributed by atoms with E-state index in [9.17, 15) is 4.79 Å². The Hall–Kier alpha value is -1.85. The first-order chi connectivity index (χ1) is 9.54. The number of rotatable bonds is 2. The van der Waals surface area contributed by atoms with Gasteiger partial charge >= 0.3 is 5.97 Å². The number of carboxylic acid groups (broad SMARTS) is 1. The summed E-state index contributed by atoms with van der Waals surface area (Å²) in [6.07, 6.45) is 3.36. The maximum Gasteiger partial charge on any atom is 0.335 e. The maximum absolute atomic E-state index is 11.1. The molecule has 0 spiro atoms. The molecule has 2 aromatic heterocycles. The summed E-state index contributed by atoms with van der Waals surface area (Å²) in [6, 6.07) is 6.84. The molecule has 6 heteroatoms. The van der Waals surface area contributed by atoms with Gasteiger partial charge in [0, 0.05) is 27.8 Å². The predicted octanol–water partition coefficient (Wildman–Crippen LogP) is 4.34. The highest BCUT2D eigenvalue weighted by molar-refractivity contribution is 9.10. The number of fused-ring (bicyclic) bond motifs is 1. The molecule has 0 aliphatic carbocycles. The van der Waals surface area contributed by atoms with E-state index in [4.69, 9.17) is 16.7 Å². The van der Waals surface area contributed by atoms with E-state index in [0.29, 0.717) is 15.1 Å². The number of carbonyl (C=O) groups is 1. The minimum absolute atomic E-state index is 0.221. The number of aromatic carboxylic acids is 1. The molecule has 0 saturated carbocycles. The molecule has 4 nitrogen and oxygen atoms in total. The van der Waals surface area contributed by atoms with Crippen molar-refractivity contribution in [3.05, 3.63) is 51.7 Å². The van der Waals surface area contributed by atoms with Crippen molar-refractivity contribution in [1.82, 2.24) is 9.97 Å². The highest BCUT2D eigenvalue weighted by Gasteiger charge is 2.11. The Labute approximate surface area is 127 Å². The van der Waals surface area contributed by atoms with Crippen molar-refractivity contribution in [2.24, 2.45) is 0 Å². The maximum atomic E-state index is 11.1. The van der Waals surface area contributed by atoms with E-state index in [1.54, 1.807) is 30.6 Å². The summed E-state index contributed by atoms with van der Waals surface area (Å²) in [4.78, 5) is 18.4. The number of nitrogens with zero attached hydrogens (tertiary/aromatic N) is 1. The summed E-state index contributed by atoms with van der Waals surface area (Å²) in [5, 5.41) is 10.5. The highest BCUT2D eigenvalue weighted by Crippen LogP contribution is 2.31. The second-order valence-corrected chi connectivity index (χ2v) is 5.64. The van der Waals surface area contributed by atoms with Gasteiger partial charge in [-0.2, -0.15) is 0 Å². The lowest BCUT2D eigenvalue weighted by atomic mass is 10.0. The SMILES string of the molecule is O=C(O)c1cc(Br)cc(-c2c[nH]c3ncc(Cl)cc23)c1. The Bertz CT molecular complexity index is 829. The van der Waals surface area contributed by atoms with Crippen molar-refractivity contribution in [2.75, 3.05) is 0 Å². The zero-order valence-electron chi connectivity index (χ0n) is 10.0. The molecule has 0 bridgehead atoms. The normalized spacial score (nSPS) is 10.9. The second kappa shape index (κ2) is 4.92. The van der Waals surface area contributed by atoms with Crippen molar-refractivity contribution < 1.29 is 9.90 Å². The van der Waals surface area contributed by atoms with Gasteiger partial charge in [0.05, 0.1) is 10.6 Å². The summed E-state index contributed by atoms with van der Waals surface area (Å²) in [5.74, 6) is -0.969. The van der Waals surface area contributed by atoms with Gasteiger partial charge in [-0.3, -0.25) is 0 Å². The van der Waals surface area contributed by atoms with Crippen LogP contribution in [0.15, 0.2) is 41.1 Å². The van der Waals surface area contributed by atoms with Crippen molar-refractivity contribution in [3.8, 4) is 11.1 Å². The van der Waals surface area contributed by atoms with Crippen molar-refractivity contribution >= 4 is 44.5 Å². The minimum atomic E-state index is -0.969. The smallest absolute Gasteiger partial charge is 0.335 e. The largest absolute Gasteiger partial charge is 0.478 e. The molecular formula is C14H8BrClN2O2.